The third-order valence-corrected chi connectivity index (χ3v) is 3.65. The maximum Gasteiger partial charge on any atom is 0.224 e. The molecular weight excluding hydrogens is 240 g/mol. The molecule has 0 saturated carbocycles. The molecule has 1 atom stereocenters. The number of ether oxygens (including phenoxy) is 1. The van der Waals surface area contributed by atoms with Gasteiger partial charge in [-0.3, -0.25) is 4.79 Å². The second kappa shape index (κ2) is 6.06. The summed E-state index contributed by atoms with van der Waals surface area (Å²) in [5, 5.41) is 0. The summed E-state index contributed by atoms with van der Waals surface area (Å²) in [6, 6.07) is 6.25. The van der Waals surface area contributed by atoms with Gasteiger partial charge in [0.05, 0.1) is 7.11 Å². The van der Waals surface area contributed by atoms with E-state index >= 15 is 0 Å². The first-order chi connectivity index (χ1) is 9.13. The Morgan fingerprint density at radius 2 is 2.26 bits per heavy atom. The van der Waals surface area contributed by atoms with Crippen LogP contribution in [0.3, 0.4) is 0 Å². The Kier molecular flexibility index (Phi) is 4.43. The van der Waals surface area contributed by atoms with Crippen molar-refractivity contribution in [2.45, 2.75) is 32.2 Å². The monoisotopic (exact) mass is 262 g/mol. The fraction of sp³-hybridized carbons (Fsp3) is 0.533. The van der Waals surface area contributed by atoms with E-state index in [1.165, 1.54) is 5.56 Å². The van der Waals surface area contributed by atoms with Crippen LogP contribution in [0.4, 0.5) is 0 Å². The minimum absolute atomic E-state index is 0.00336. The van der Waals surface area contributed by atoms with E-state index in [1.54, 1.807) is 7.11 Å². The number of nitrogens with zero attached hydrogens (tertiary/aromatic N) is 1. The van der Waals surface area contributed by atoms with E-state index in [4.69, 9.17) is 10.5 Å². The molecule has 0 spiro atoms. The molecule has 1 unspecified atom stereocenters. The number of rotatable bonds is 5. The molecule has 1 aliphatic heterocycles. The fourth-order valence-electron chi connectivity index (χ4n) is 2.52. The van der Waals surface area contributed by atoms with Crippen molar-refractivity contribution in [3.05, 3.63) is 29.3 Å². The van der Waals surface area contributed by atoms with Crippen molar-refractivity contribution in [1.29, 1.82) is 0 Å². The molecule has 0 aromatic heterocycles. The number of methoxy groups -OCH3 is 1. The van der Waals surface area contributed by atoms with Gasteiger partial charge in [-0.1, -0.05) is 19.1 Å². The van der Waals surface area contributed by atoms with Crippen LogP contribution in [0.15, 0.2) is 18.2 Å². The molecule has 2 rings (SSSR count). The summed E-state index contributed by atoms with van der Waals surface area (Å²) in [6.07, 6.45) is 2.30. The van der Waals surface area contributed by atoms with Crippen molar-refractivity contribution in [1.82, 2.24) is 4.90 Å². The Labute approximate surface area is 114 Å². The van der Waals surface area contributed by atoms with Gasteiger partial charge in [0.1, 0.15) is 5.75 Å². The second-order valence-corrected chi connectivity index (χ2v) is 5.05. The lowest BCUT2D eigenvalue weighted by molar-refractivity contribution is -0.127. The van der Waals surface area contributed by atoms with Crippen LogP contribution in [0.25, 0.3) is 0 Å². The van der Waals surface area contributed by atoms with E-state index in [9.17, 15) is 4.79 Å². The normalized spacial score (nSPS) is 19.0. The SMILES string of the molecule is CCc1ccc(OC)c(CCN2CC(N)CC2=O)c1. The third kappa shape index (κ3) is 3.26. The molecule has 0 radical (unpaired) electrons. The van der Waals surface area contributed by atoms with Crippen LogP contribution in [0, 0.1) is 0 Å². The number of nitrogens with two attached hydrogens (primary N) is 1. The maximum absolute atomic E-state index is 11.7. The average Bonchev–Trinajstić information content (AvgIpc) is 2.74. The molecule has 1 fully saturated rings. The standard InChI is InChI=1S/C15H22N2O2/c1-3-11-4-5-14(19-2)12(8-11)6-7-17-10-13(16)9-15(17)18/h4-5,8,13H,3,6-7,9-10,16H2,1-2H3. The lowest BCUT2D eigenvalue weighted by atomic mass is 10.0. The van der Waals surface area contributed by atoms with E-state index in [2.05, 4.69) is 19.1 Å². The Hall–Kier alpha value is -1.55. The molecule has 2 N–H and O–H groups in total. The first kappa shape index (κ1) is 13.9. The molecule has 1 saturated heterocycles. The third-order valence-electron chi connectivity index (χ3n) is 3.65. The topological polar surface area (TPSA) is 55.6 Å². The maximum atomic E-state index is 11.7. The number of hydrogen-bond acceptors (Lipinski definition) is 3. The van der Waals surface area contributed by atoms with Gasteiger partial charge in [0, 0.05) is 25.6 Å². The molecule has 1 aromatic rings. The average molecular weight is 262 g/mol. The van der Waals surface area contributed by atoms with Gasteiger partial charge in [-0.15, -0.1) is 0 Å². The van der Waals surface area contributed by atoms with Crippen LogP contribution in [-0.2, 0) is 17.6 Å². The van der Waals surface area contributed by atoms with Gasteiger partial charge >= 0.3 is 0 Å². The summed E-state index contributed by atoms with van der Waals surface area (Å²) in [4.78, 5) is 13.5. The van der Waals surface area contributed by atoms with Gasteiger partial charge in [-0.05, 0) is 30.0 Å². The zero-order valence-electron chi connectivity index (χ0n) is 11.7. The largest absolute Gasteiger partial charge is 0.496 e. The zero-order chi connectivity index (χ0) is 13.8. The predicted octanol–water partition coefficient (Wildman–Crippen LogP) is 1.36. The van der Waals surface area contributed by atoms with E-state index in [0.29, 0.717) is 13.0 Å². The lowest BCUT2D eigenvalue weighted by Gasteiger charge is -2.17. The molecule has 4 heteroatoms. The predicted molar refractivity (Wildman–Crippen MR) is 75.2 cm³/mol. The number of aryl methyl sites for hydroxylation is 1. The second-order valence-electron chi connectivity index (χ2n) is 5.05. The summed E-state index contributed by atoms with van der Waals surface area (Å²) in [6.45, 7) is 3.53. The van der Waals surface area contributed by atoms with Crippen molar-refractivity contribution in [3.63, 3.8) is 0 Å². The minimum Gasteiger partial charge on any atom is -0.496 e. The molecule has 1 heterocycles. The van der Waals surface area contributed by atoms with Crippen molar-refractivity contribution in [2.75, 3.05) is 20.2 Å². The van der Waals surface area contributed by atoms with Crippen LogP contribution in [-0.4, -0.2) is 37.0 Å². The highest BCUT2D eigenvalue weighted by atomic mass is 16.5. The van der Waals surface area contributed by atoms with Gasteiger partial charge in [-0.2, -0.15) is 0 Å². The van der Waals surface area contributed by atoms with Gasteiger partial charge in [0.2, 0.25) is 5.91 Å². The summed E-state index contributed by atoms with van der Waals surface area (Å²) in [7, 11) is 1.68. The number of likely N-dealkylation sites (tertiary alicyclic amines) is 1. The highest BCUT2D eigenvalue weighted by molar-refractivity contribution is 5.79. The molecule has 104 valence electrons. The van der Waals surface area contributed by atoms with E-state index < -0.39 is 0 Å². The number of benzene rings is 1. The first-order valence-corrected chi connectivity index (χ1v) is 6.83. The van der Waals surface area contributed by atoms with Crippen LogP contribution in [0.2, 0.25) is 0 Å². The minimum atomic E-state index is -0.00336. The van der Waals surface area contributed by atoms with Crippen LogP contribution in [0.5, 0.6) is 5.75 Å². The van der Waals surface area contributed by atoms with Crippen LogP contribution < -0.4 is 10.5 Å². The quantitative estimate of drug-likeness (QED) is 0.871. The first-order valence-electron chi connectivity index (χ1n) is 6.83. The summed E-state index contributed by atoms with van der Waals surface area (Å²) < 4.78 is 5.38. The van der Waals surface area contributed by atoms with Crippen LogP contribution in [0.1, 0.15) is 24.5 Å². The highest BCUT2D eigenvalue weighted by Crippen LogP contribution is 2.22. The molecule has 1 aromatic carbocycles. The molecule has 0 aliphatic carbocycles. The fourth-order valence-corrected chi connectivity index (χ4v) is 2.52. The molecule has 4 nitrogen and oxygen atoms in total. The summed E-state index contributed by atoms with van der Waals surface area (Å²) in [5.41, 5.74) is 8.25. The number of carbonyl (C=O) groups excluding carboxylic acids is 1. The Balaban J connectivity index is 2.04. The Morgan fingerprint density at radius 3 is 2.84 bits per heavy atom. The van der Waals surface area contributed by atoms with Gasteiger partial charge in [-0.25, -0.2) is 0 Å². The highest BCUT2D eigenvalue weighted by Gasteiger charge is 2.26. The number of hydrogen-bond donors (Lipinski definition) is 1. The molecule has 19 heavy (non-hydrogen) atoms. The van der Waals surface area contributed by atoms with Gasteiger partial charge < -0.3 is 15.4 Å². The molecule has 1 amide bonds. The zero-order valence-corrected chi connectivity index (χ0v) is 11.7. The number of amides is 1. The smallest absolute Gasteiger partial charge is 0.224 e. The van der Waals surface area contributed by atoms with Crippen molar-refractivity contribution < 1.29 is 9.53 Å². The van der Waals surface area contributed by atoms with Gasteiger partial charge in [0.15, 0.2) is 0 Å². The summed E-state index contributed by atoms with van der Waals surface area (Å²) in [5.74, 6) is 1.06. The Morgan fingerprint density at radius 1 is 1.47 bits per heavy atom. The lowest BCUT2D eigenvalue weighted by Crippen LogP contribution is -2.30. The van der Waals surface area contributed by atoms with Gasteiger partial charge in [0.25, 0.3) is 0 Å². The molecular formula is C15H22N2O2. The number of carbonyl (C=O) groups is 1. The van der Waals surface area contributed by atoms with Crippen molar-refractivity contribution >= 4 is 5.91 Å². The van der Waals surface area contributed by atoms with E-state index in [1.807, 2.05) is 11.0 Å². The Bertz CT molecular complexity index is 459. The summed E-state index contributed by atoms with van der Waals surface area (Å²) >= 11 is 0. The molecule has 1 aliphatic rings. The van der Waals surface area contributed by atoms with Crippen molar-refractivity contribution in [3.8, 4) is 5.75 Å². The van der Waals surface area contributed by atoms with Crippen molar-refractivity contribution in [2.24, 2.45) is 5.73 Å². The van der Waals surface area contributed by atoms with E-state index in [0.717, 1.165) is 30.7 Å². The van der Waals surface area contributed by atoms with E-state index in [-0.39, 0.29) is 11.9 Å². The molecule has 0 bridgehead atoms. The van der Waals surface area contributed by atoms with Crippen LogP contribution >= 0.6 is 0 Å².